The number of alkyl halides is 3. The second-order valence-electron chi connectivity index (χ2n) is 8.63. The highest BCUT2D eigenvalue weighted by atomic mass is 19.4. The van der Waals surface area contributed by atoms with Gasteiger partial charge in [0.15, 0.2) is 0 Å². The number of hydrogen-bond acceptors (Lipinski definition) is 4. The lowest BCUT2D eigenvalue weighted by Gasteiger charge is -2.38. The third-order valence-electron chi connectivity index (χ3n) is 5.42. The van der Waals surface area contributed by atoms with Crippen LogP contribution < -0.4 is 14.4 Å². The van der Waals surface area contributed by atoms with Crippen molar-refractivity contribution in [3.05, 3.63) is 48.0 Å². The number of nitrogens with zero attached hydrogens (tertiary/aromatic N) is 2. The van der Waals surface area contributed by atoms with E-state index in [1.165, 1.54) is 4.90 Å². The number of rotatable bonds is 8. The molecule has 0 saturated carbocycles. The number of benzene rings is 1. The summed E-state index contributed by atoms with van der Waals surface area (Å²) in [6.07, 6.45) is -1.28. The van der Waals surface area contributed by atoms with Crippen LogP contribution in [0.3, 0.4) is 0 Å². The molecule has 0 amide bonds. The summed E-state index contributed by atoms with van der Waals surface area (Å²) in [7, 11) is 0. The number of aromatic nitrogens is 1. The van der Waals surface area contributed by atoms with E-state index in [-0.39, 0.29) is 18.1 Å². The van der Waals surface area contributed by atoms with Crippen LogP contribution in [0.1, 0.15) is 58.4 Å². The van der Waals surface area contributed by atoms with E-state index < -0.39 is 17.8 Å². The molecule has 0 aliphatic carbocycles. The van der Waals surface area contributed by atoms with Crippen LogP contribution >= 0.6 is 0 Å². The van der Waals surface area contributed by atoms with Crippen molar-refractivity contribution < 1.29 is 22.6 Å². The van der Waals surface area contributed by atoms with Crippen molar-refractivity contribution in [2.45, 2.75) is 77.3 Å². The quantitative estimate of drug-likeness (QED) is 0.471. The first kappa shape index (κ1) is 23.2. The predicted molar refractivity (Wildman–Crippen MR) is 116 cm³/mol. The predicted octanol–water partition coefficient (Wildman–Crippen LogP) is 6.54. The molecule has 4 nitrogen and oxygen atoms in total. The second-order valence-corrected chi connectivity index (χ2v) is 8.63. The molecular formula is C24H31F3N2O2. The zero-order valence-electron chi connectivity index (χ0n) is 18.4. The lowest BCUT2D eigenvalue weighted by atomic mass is 10.0. The lowest BCUT2D eigenvalue weighted by Crippen LogP contribution is -2.49. The van der Waals surface area contributed by atoms with Gasteiger partial charge in [0.1, 0.15) is 29.8 Å². The number of ether oxygens (including phenoxy) is 2. The maximum atomic E-state index is 13.7. The number of piperidine rings is 1. The van der Waals surface area contributed by atoms with E-state index in [0.717, 1.165) is 18.4 Å². The summed E-state index contributed by atoms with van der Waals surface area (Å²) in [5.41, 5.74) is 0.489. The van der Waals surface area contributed by atoms with Crippen LogP contribution in [0, 0.1) is 0 Å². The molecule has 2 aromatic rings. The maximum Gasteiger partial charge on any atom is 0.408 e. The van der Waals surface area contributed by atoms with E-state index in [1.807, 2.05) is 44.2 Å². The van der Waals surface area contributed by atoms with Crippen molar-refractivity contribution in [1.29, 1.82) is 0 Å². The molecule has 1 fully saturated rings. The molecule has 0 spiro atoms. The Hall–Kier alpha value is -2.44. The van der Waals surface area contributed by atoms with Gasteiger partial charge in [0.25, 0.3) is 0 Å². The fourth-order valence-corrected chi connectivity index (χ4v) is 3.97. The SMILES string of the molecule is CCCC(C)(C)Oc1cc(OCc2ccccc2)cc(N2CCCCC2C(F)(F)F)n1. The molecular weight excluding hydrogens is 405 g/mol. The van der Waals surface area contributed by atoms with Gasteiger partial charge in [0.2, 0.25) is 5.88 Å². The Balaban J connectivity index is 1.91. The Kier molecular flexibility index (Phi) is 7.34. The fraction of sp³-hybridized carbons (Fsp3) is 0.542. The van der Waals surface area contributed by atoms with Crippen molar-refractivity contribution in [2.75, 3.05) is 11.4 Å². The Morgan fingerprint density at radius 1 is 1.10 bits per heavy atom. The highest BCUT2D eigenvalue weighted by Crippen LogP contribution is 2.37. The van der Waals surface area contributed by atoms with Gasteiger partial charge in [0.05, 0.1) is 0 Å². The summed E-state index contributed by atoms with van der Waals surface area (Å²) in [4.78, 5) is 5.81. The van der Waals surface area contributed by atoms with Crippen LogP contribution in [0.25, 0.3) is 0 Å². The summed E-state index contributed by atoms with van der Waals surface area (Å²) >= 11 is 0. The molecule has 2 heterocycles. The van der Waals surface area contributed by atoms with Crippen molar-refractivity contribution in [3.8, 4) is 11.6 Å². The van der Waals surface area contributed by atoms with Gasteiger partial charge < -0.3 is 14.4 Å². The molecule has 1 atom stereocenters. The molecule has 170 valence electrons. The maximum absolute atomic E-state index is 13.7. The second kappa shape index (κ2) is 9.79. The summed E-state index contributed by atoms with van der Waals surface area (Å²) in [5.74, 6) is 0.975. The van der Waals surface area contributed by atoms with Crippen LogP contribution in [0.5, 0.6) is 11.6 Å². The largest absolute Gasteiger partial charge is 0.489 e. The van der Waals surface area contributed by atoms with E-state index >= 15 is 0 Å². The molecule has 0 N–H and O–H groups in total. The Bertz CT molecular complexity index is 840. The van der Waals surface area contributed by atoms with Gasteiger partial charge in [-0.05, 0) is 45.1 Å². The summed E-state index contributed by atoms with van der Waals surface area (Å²) in [6.45, 7) is 6.58. The number of anilines is 1. The van der Waals surface area contributed by atoms with E-state index in [4.69, 9.17) is 9.47 Å². The molecule has 7 heteroatoms. The van der Waals surface area contributed by atoms with Crippen molar-refractivity contribution in [3.63, 3.8) is 0 Å². The molecule has 1 saturated heterocycles. The molecule has 0 bridgehead atoms. The van der Waals surface area contributed by atoms with Crippen LogP contribution in [-0.2, 0) is 6.61 Å². The number of hydrogen-bond donors (Lipinski definition) is 0. The number of halogens is 3. The smallest absolute Gasteiger partial charge is 0.408 e. The molecule has 1 aliphatic rings. The van der Waals surface area contributed by atoms with Crippen LogP contribution in [-0.4, -0.2) is 29.3 Å². The third-order valence-corrected chi connectivity index (χ3v) is 5.42. The first-order chi connectivity index (χ1) is 14.7. The molecule has 1 aliphatic heterocycles. The molecule has 1 aromatic heterocycles. The topological polar surface area (TPSA) is 34.6 Å². The Morgan fingerprint density at radius 2 is 1.84 bits per heavy atom. The molecule has 0 radical (unpaired) electrons. The van der Waals surface area contributed by atoms with Gasteiger partial charge >= 0.3 is 6.18 Å². The van der Waals surface area contributed by atoms with Crippen molar-refractivity contribution >= 4 is 5.82 Å². The van der Waals surface area contributed by atoms with Crippen molar-refractivity contribution in [2.24, 2.45) is 0 Å². The van der Waals surface area contributed by atoms with Crippen LogP contribution in [0.4, 0.5) is 19.0 Å². The molecule has 31 heavy (non-hydrogen) atoms. The van der Waals surface area contributed by atoms with E-state index in [9.17, 15) is 13.2 Å². The first-order valence-electron chi connectivity index (χ1n) is 10.9. The molecule has 1 unspecified atom stereocenters. The van der Waals surface area contributed by atoms with E-state index in [0.29, 0.717) is 31.7 Å². The van der Waals surface area contributed by atoms with Gasteiger partial charge in [-0.2, -0.15) is 18.2 Å². The highest BCUT2D eigenvalue weighted by Gasteiger charge is 2.45. The zero-order chi connectivity index (χ0) is 22.5. The van der Waals surface area contributed by atoms with Crippen LogP contribution in [0.15, 0.2) is 42.5 Å². The van der Waals surface area contributed by atoms with Gasteiger partial charge in [-0.1, -0.05) is 43.7 Å². The van der Waals surface area contributed by atoms with E-state index in [1.54, 1.807) is 12.1 Å². The minimum Gasteiger partial charge on any atom is -0.489 e. The van der Waals surface area contributed by atoms with Crippen molar-refractivity contribution in [1.82, 2.24) is 4.98 Å². The average molecular weight is 437 g/mol. The summed E-state index contributed by atoms with van der Waals surface area (Å²) in [5, 5.41) is 0. The van der Waals surface area contributed by atoms with Gasteiger partial charge in [-0.15, -0.1) is 0 Å². The zero-order valence-corrected chi connectivity index (χ0v) is 18.4. The normalized spacial score (nSPS) is 17.5. The number of pyridine rings is 1. The third kappa shape index (κ3) is 6.52. The lowest BCUT2D eigenvalue weighted by molar-refractivity contribution is -0.152. The highest BCUT2D eigenvalue weighted by molar-refractivity contribution is 5.49. The first-order valence-corrected chi connectivity index (χ1v) is 10.9. The molecule has 1 aromatic carbocycles. The summed E-state index contributed by atoms with van der Waals surface area (Å²) in [6, 6.07) is 11.3. The van der Waals surface area contributed by atoms with Crippen LogP contribution in [0.2, 0.25) is 0 Å². The van der Waals surface area contributed by atoms with Gasteiger partial charge in [-0.3, -0.25) is 0 Å². The average Bonchev–Trinajstić information content (AvgIpc) is 2.72. The Labute approximate surface area is 182 Å². The fourth-order valence-electron chi connectivity index (χ4n) is 3.97. The van der Waals surface area contributed by atoms with Gasteiger partial charge in [-0.25, -0.2) is 0 Å². The summed E-state index contributed by atoms with van der Waals surface area (Å²) < 4.78 is 53.1. The minimum absolute atomic E-state index is 0.0673. The van der Waals surface area contributed by atoms with E-state index in [2.05, 4.69) is 11.9 Å². The monoisotopic (exact) mass is 436 g/mol. The minimum atomic E-state index is -4.31. The van der Waals surface area contributed by atoms with Gasteiger partial charge in [0, 0.05) is 18.7 Å². The standard InChI is InChI=1S/C24H31F3N2O2/c1-4-13-23(2,3)31-22-16-19(30-17-18-10-6-5-7-11-18)15-21(28-22)29-14-9-8-12-20(29)24(25,26)27/h5-7,10-11,15-16,20H,4,8-9,12-14,17H2,1-3H3. The Morgan fingerprint density at radius 3 is 2.52 bits per heavy atom. The molecule has 3 rings (SSSR count).